The maximum absolute atomic E-state index is 13.0. The van der Waals surface area contributed by atoms with Gasteiger partial charge in [0.25, 0.3) is 11.8 Å². The van der Waals surface area contributed by atoms with E-state index in [-0.39, 0.29) is 11.8 Å². The van der Waals surface area contributed by atoms with E-state index in [2.05, 4.69) is 33.4 Å². The summed E-state index contributed by atoms with van der Waals surface area (Å²) in [6.07, 6.45) is 2.87. The number of halogens is 1. The van der Waals surface area contributed by atoms with Crippen LogP contribution in [0.4, 0.5) is 5.69 Å². The molecule has 0 saturated carbocycles. The summed E-state index contributed by atoms with van der Waals surface area (Å²) in [5.41, 5.74) is 2.89. The Bertz CT molecular complexity index is 1080. The number of amides is 2. The van der Waals surface area contributed by atoms with Crippen LogP contribution in [0, 0.1) is 0 Å². The molecule has 32 heavy (non-hydrogen) atoms. The molecule has 0 radical (unpaired) electrons. The molecule has 0 aliphatic carbocycles. The third-order valence-electron chi connectivity index (χ3n) is 5.46. The van der Waals surface area contributed by atoms with Gasteiger partial charge in [0.05, 0.1) is 12.2 Å². The van der Waals surface area contributed by atoms with Crippen LogP contribution in [0.1, 0.15) is 39.1 Å². The van der Waals surface area contributed by atoms with Crippen molar-refractivity contribution in [2.75, 3.05) is 25.0 Å². The van der Waals surface area contributed by atoms with Gasteiger partial charge in [-0.25, -0.2) is 0 Å². The zero-order valence-electron chi connectivity index (χ0n) is 17.7. The topological polar surface area (TPSA) is 58.6 Å². The van der Waals surface area contributed by atoms with Crippen molar-refractivity contribution in [1.29, 1.82) is 0 Å². The van der Waals surface area contributed by atoms with Crippen LogP contribution in [0.15, 0.2) is 77.3 Å². The number of likely N-dealkylation sites (tertiary alicyclic amines) is 1. The maximum atomic E-state index is 13.0. The molecule has 1 fully saturated rings. The Kier molecular flexibility index (Phi) is 7.22. The van der Waals surface area contributed by atoms with Crippen LogP contribution >= 0.6 is 15.9 Å². The Morgan fingerprint density at radius 3 is 2.38 bits per heavy atom. The highest BCUT2D eigenvalue weighted by Crippen LogP contribution is 2.25. The van der Waals surface area contributed by atoms with Crippen LogP contribution in [-0.4, -0.2) is 36.4 Å². The number of rotatable bonds is 7. The molecule has 1 N–H and O–H groups in total. The number of nitrogens with zero attached hydrogens (tertiary/aromatic N) is 1. The molecule has 3 aromatic carbocycles. The second-order valence-corrected chi connectivity index (χ2v) is 8.67. The summed E-state index contributed by atoms with van der Waals surface area (Å²) < 4.78 is 6.73. The zero-order valence-corrected chi connectivity index (χ0v) is 19.3. The fraction of sp³-hybridized carbons (Fsp3) is 0.231. The van der Waals surface area contributed by atoms with E-state index in [4.69, 9.17) is 4.74 Å². The van der Waals surface area contributed by atoms with Crippen LogP contribution in [0.2, 0.25) is 0 Å². The lowest BCUT2D eigenvalue weighted by Crippen LogP contribution is -2.27. The van der Waals surface area contributed by atoms with Crippen molar-refractivity contribution in [2.45, 2.75) is 19.3 Å². The third kappa shape index (κ3) is 5.56. The molecular weight excluding hydrogens is 468 g/mol. The molecule has 1 aliphatic rings. The number of anilines is 1. The standard InChI is InChI=1S/C26H25BrN2O3/c27-21-10-13-24(32-17-14-19-6-2-1-3-7-19)23(18-21)25(30)28-22-11-8-20(9-12-22)26(31)29-15-4-5-16-29/h1-3,6-13,18H,4-5,14-17H2,(H,28,30). The molecule has 6 heteroatoms. The molecule has 1 aliphatic heterocycles. The average Bonchev–Trinajstić information content (AvgIpc) is 3.36. The van der Waals surface area contributed by atoms with Crippen molar-refractivity contribution < 1.29 is 14.3 Å². The van der Waals surface area contributed by atoms with Crippen molar-refractivity contribution in [3.63, 3.8) is 0 Å². The Balaban J connectivity index is 1.41. The van der Waals surface area contributed by atoms with Gasteiger partial charge in [-0.2, -0.15) is 0 Å². The Morgan fingerprint density at radius 1 is 0.938 bits per heavy atom. The van der Waals surface area contributed by atoms with E-state index >= 15 is 0 Å². The van der Waals surface area contributed by atoms with Crippen molar-refractivity contribution in [3.8, 4) is 5.75 Å². The van der Waals surface area contributed by atoms with Gasteiger partial charge in [0.15, 0.2) is 0 Å². The molecule has 0 aromatic heterocycles. The van der Waals surface area contributed by atoms with E-state index in [9.17, 15) is 9.59 Å². The summed E-state index contributed by atoms with van der Waals surface area (Å²) in [7, 11) is 0. The number of benzene rings is 3. The van der Waals surface area contributed by atoms with E-state index in [1.807, 2.05) is 29.2 Å². The van der Waals surface area contributed by atoms with E-state index in [0.717, 1.165) is 36.8 Å². The fourth-order valence-corrected chi connectivity index (χ4v) is 4.09. The zero-order chi connectivity index (χ0) is 22.3. The van der Waals surface area contributed by atoms with Gasteiger partial charge in [-0.05, 0) is 60.9 Å². The average molecular weight is 493 g/mol. The predicted octanol–water partition coefficient (Wildman–Crippen LogP) is 5.56. The number of carbonyl (C=O) groups excluding carboxylic acids is 2. The van der Waals surface area contributed by atoms with Crippen molar-refractivity contribution >= 4 is 33.4 Å². The molecule has 0 atom stereocenters. The largest absolute Gasteiger partial charge is 0.492 e. The highest BCUT2D eigenvalue weighted by molar-refractivity contribution is 9.10. The molecule has 5 nitrogen and oxygen atoms in total. The van der Waals surface area contributed by atoms with Gasteiger partial charge in [0.1, 0.15) is 5.75 Å². The Hall–Kier alpha value is -3.12. The number of nitrogens with one attached hydrogen (secondary N) is 1. The SMILES string of the molecule is O=C(Nc1ccc(C(=O)N2CCCC2)cc1)c1cc(Br)ccc1OCCc1ccccc1. The van der Waals surface area contributed by atoms with Crippen LogP contribution in [0.3, 0.4) is 0 Å². The molecule has 1 heterocycles. The summed E-state index contributed by atoms with van der Waals surface area (Å²) in [5, 5.41) is 2.90. The second kappa shape index (κ2) is 10.5. The lowest BCUT2D eigenvalue weighted by atomic mass is 10.1. The highest BCUT2D eigenvalue weighted by Gasteiger charge is 2.19. The van der Waals surface area contributed by atoms with Gasteiger partial charge in [0, 0.05) is 35.2 Å². The lowest BCUT2D eigenvalue weighted by Gasteiger charge is -2.15. The fourth-order valence-electron chi connectivity index (χ4n) is 3.73. The molecule has 2 amide bonds. The first-order valence-electron chi connectivity index (χ1n) is 10.8. The molecular formula is C26H25BrN2O3. The normalized spacial score (nSPS) is 13.1. The van der Waals surface area contributed by atoms with Gasteiger partial charge in [0.2, 0.25) is 0 Å². The van der Waals surface area contributed by atoms with Crippen LogP contribution in [0.5, 0.6) is 5.75 Å². The first-order chi connectivity index (χ1) is 15.6. The number of hydrogen-bond acceptors (Lipinski definition) is 3. The Morgan fingerprint density at radius 2 is 1.66 bits per heavy atom. The van der Waals surface area contributed by atoms with Crippen LogP contribution < -0.4 is 10.1 Å². The van der Waals surface area contributed by atoms with E-state index in [1.165, 1.54) is 5.56 Å². The smallest absolute Gasteiger partial charge is 0.259 e. The summed E-state index contributed by atoms with van der Waals surface area (Å²) in [5.74, 6) is 0.309. The highest BCUT2D eigenvalue weighted by atomic mass is 79.9. The van der Waals surface area contributed by atoms with Crippen molar-refractivity contribution in [2.24, 2.45) is 0 Å². The molecule has 1 saturated heterocycles. The van der Waals surface area contributed by atoms with E-state index in [0.29, 0.717) is 29.2 Å². The van der Waals surface area contributed by atoms with Crippen LogP contribution in [0.25, 0.3) is 0 Å². The monoisotopic (exact) mass is 492 g/mol. The Labute approximate surface area is 196 Å². The summed E-state index contributed by atoms with van der Waals surface area (Å²) >= 11 is 3.43. The summed E-state index contributed by atoms with van der Waals surface area (Å²) in [6.45, 7) is 2.10. The first kappa shape index (κ1) is 22.1. The molecule has 0 unspecified atom stereocenters. The van der Waals surface area contributed by atoms with Gasteiger partial charge >= 0.3 is 0 Å². The van der Waals surface area contributed by atoms with Gasteiger partial charge in [-0.3, -0.25) is 9.59 Å². The van der Waals surface area contributed by atoms with Crippen molar-refractivity contribution in [3.05, 3.63) is 94.0 Å². The number of hydrogen-bond donors (Lipinski definition) is 1. The molecule has 3 aromatic rings. The van der Waals surface area contributed by atoms with Gasteiger partial charge < -0.3 is 15.0 Å². The van der Waals surface area contributed by atoms with E-state index < -0.39 is 0 Å². The predicted molar refractivity (Wildman–Crippen MR) is 129 cm³/mol. The molecule has 4 rings (SSSR count). The summed E-state index contributed by atoms with van der Waals surface area (Å²) in [4.78, 5) is 27.3. The molecule has 0 bridgehead atoms. The van der Waals surface area contributed by atoms with Gasteiger partial charge in [-0.1, -0.05) is 46.3 Å². The molecule has 164 valence electrons. The van der Waals surface area contributed by atoms with Gasteiger partial charge in [-0.15, -0.1) is 0 Å². The quantitative estimate of drug-likeness (QED) is 0.469. The van der Waals surface area contributed by atoms with Crippen LogP contribution in [-0.2, 0) is 6.42 Å². The van der Waals surface area contributed by atoms with Crippen molar-refractivity contribution in [1.82, 2.24) is 4.90 Å². The minimum Gasteiger partial charge on any atom is -0.492 e. The molecule has 0 spiro atoms. The number of ether oxygens (including phenoxy) is 1. The third-order valence-corrected chi connectivity index (χ3v) is 5.95. The lowest BCUT2D eigenvalue weighted by molar-refractivity contribution is 0.0792. The number of carbonyl (C=O) groups is 2. The second-order valence-electron chi connectivity index (χ2n) is 7.76. The van der Waals surface area contributed by atoms with E-state index in [1.54, 1.807) is 36.4 Å². The first-order valence-corrected chi connectivity index (χ1v) is 11.6. The minimum atomic E-state index is -0.264. The summed E-state index contributed by atoms with van der Waals surface area (Å²) in [6, 6.07) is 22.5. The maximum Gasteiger partial charge on any atom is 0.259 e. The minimum absolute atomic E-state index is 0.0430.